The minimum Gasteiger partial charge on any atom is -0.309 e. The fourth-order valence-corrected chi connectivity index (χ4v) is 4.69. The van der Waals surface area contributed by atoms with Gasteiger partial charge in [0, 0.05) is 39.8 Å². The molecule has 0 atom stereocenters. The lowest BCUT2D eigenvalue weighted by Crippen LogP contribution is -2.48. The molecule has 4 heteroatoms. The first-order valence-corrected chi connectivity index (χ1v) is 15.1. The summed E-state index contributed by atoms with van der Waals surface area (Å²) in [6.07, 6.45) is 11.2. The van der Waals surface area contributed by atoms with Crippen molar-refractivity contribution in [3.8, 4) is 0 Å². The molecule has 0 unspecified atom stereocenters. The van der Waals surface area contributed by atoms with E-state index in [0.717, 1.165) is 12.1 Å². The smallest absolute Gasteiger partial charge is 0.0125 e. The van der Waals surface area contributed by atoms with Crippen molar-refractivity contribution in [3.05, 3.63) is 0 Å². The van der Waals surface area contributed by atoms with E-state index < -0.39 is 0 Å². The molecule has 2 aliphatic carbocycles. The van der Waals surface area contributed by atoms with E-state index in [9.17, 15) is 0 Å². The van der Waals surface area contributed by atoms with Gasteiger partial charge in [-0.15, -0.1) is 0 Å². The van der Waals surface area contributed by atoms with Gasteiger partial charge in [0.1, 0.15) is 0 Å². The third-order valence-corrected chi connectivity index (χ3v) is 6.01. The van der Waals surface area contributed by atoms with Crippen molar-refractivity contribution in [2.24, 2.45) is 0 Å². The Kier molecular flexibility index (Phi) is 14.8. The summed E-state index contributed by atoms with van der Waals surface area (Å²) in [6.45, 7) is 35.9. The topological polar surface area (TPSA) is 39.3 Å². The quantitative estimate of drug-likeness (QED) is 0.353. The number of rotatable bonds is 2. The molecule has 1 saturated heterocycles. The van der Waals surface area contributed by atoms with Crippen LogP contribution in [-0.4, -0.2) is 57.8 Å². The number of hydrogen-bond donors (Lipinski definition) is 3. The molecule has 0 aromatic carbocycles. The Morgan fingerprint density at radius 3 is 0.944 bits per heavy atom. The average molecular weight is 511 g/mol. The van der Waals surface area contributed by atoms with Gasteiger partial charge in [0.05, 0.1) is 0 Å². The van der Waals surface area contributed by atoms with Crippen molar-refractivity contribution in [2.75, 3.05) is 13.1 Å². The van der Waals surface area contributed by atoms with Gasteiger partial charge < -0.3 is 16.0 Å². The predicted molar refractivity (Wildman–Crippen MR) is 164 cm³/mol. The second-order valence-electron chi connectivity index (χ2n) is 16.5. The number of nitrogens with one attached hydrogen (secondary N) is 3. The van der Waals surface area contributed by atoms with E-state index in [-0.39, 0.29) is 11.1 Å². The Labute approximate surface area is 228 Å². The van der Waals surface area contributed by atoms with Crippen molar-refractivity contribution < 1.29 is 0 Å². The van der Waals surface area contributed by atoms with Gasteiger partial charge in [0.2, 0.25) is 0 Å². The van der Waals surface area contributed by atoms with Crippen LogP contribution in [0.5, 0.6) is 0 Å². The molecule has 1 aliphatic heterocycles. The number of hydrogen-bond acceptors (Lipinski definition) is 4. The molecule has 3 aliphatic rings. The van der Waals surface area contributed by atoms with Crippen LogP contribution in [0, 0.1) is 0 Å². The summed E-state index contributed by atoms with van der Waals surface area (Å²) in [5, 5.41) is 10.5. The second kappa shape index (κ2) is 14.8. The molecule has 0 radical (unpaired) electrons. The van der Waals surface area contributed by atoms with Gasteiger partial charge in [0.15, 0.2) is 0 Å². The fourth-order valence-electron chi connectivity index (χ4n) is 4.69. The maximum absolute atomic E-state index is 3.56. The van der Waals surface area contributed by atoms with Crippen LogP contribution in [-0.2, 0) is 0 Å². The van der Waals surface area contributed by atoms with Crippen LogP contribution in [0.15, 0.2) is 0 Å². The van der Waals surface area contributed by atoms with Gasteiger partial charge in [-0.25, -0.2) is 0 Å². The molecule has 3 rings (SSSR count). The molecule has 3 N–H and O–H groups in total. The monoisotopic (exact) mass is 511 g/mol. The van der Waals surface area contributed by atoms with E-state index in [1.54, 1.807) is 0 Å². The van der Waals surface area contributed by atoms with Crippen molar-refractivity contribution in [1.29, 1.82) is 0 Å². The van der Waals surface area contributed by atoms with E-state index in [1.165, 1.54) is 64.5 Å². The number of nitrogens with zero attached hydrogens (tertiary/aromatic N) is 1. The van der Waals surface area contributed by atoms with Crippen LogP contribution in [0.4, 0.5) is 0 Å². The minimum absolute atomic E-state index is 0.234. The number of piperidine rings is 1. The minimum atomic E-state index is 0.234. The summed E-state index contributed by atoms with van der Waals surface area (Å²) in [5.74, 6) is 0. The Morgan fingerprint density at radius 1 is 0.444 bits per heavy atom. The van der Waals surface area contributed by atoms with Gasteiger partial charge in [-0.1, -0.05) is 12.8 Å². The molecule has 0 spiro atoms. The Bertz CT molecular complexity index is 537. The molecule has 3 fully saturated rings. The third kappa shape index (κ3) is 24.2. The first-order chi connectivity index (χ1) is 16.0. The van der Waals surface area contributed by atoms with Crippen LogP contribution in [0.2, 0.25) is 0 Å². The fraction of sp³-hybridized carbons (Fsp3) is 1.00. The first-order valence-electron chi connectivity index (χ1n) is 15.1. The second-order valence-corrected chi connectivity index (χ2v) is 16.5. The highest BCUT2D eigenvalue weighted by atomic mass is 15.2. The van der Waals surface area contributed by atoms with Crippen LogP contribution < -0.4 is 16.0 Å². The Hall–Kier alpha value is -0.160. The van der Waals surface area contributed by atoms with Crippen molar-refractivity contribution in [1.82, 2.24) is 20.9 Å². The van der Waals surface area contributed by atoms with Crippen molar-refractivity contribution in [3.63, 3.8) is 0 Å². The summed E-state index contributed by atoms with van der Waals surface area (Å²) in [7, 11) is 0. The molecule has 1 heterocycles. The molecule has 4 nitrogen and oxygen atoms in total. The lowest BCUT2D eigenvalue weighted by Gasteiger charge is -2.38. The van der Waals surface area contributed by atoms with Gasteiger partial charge in [-0.2, -0.15) is 0 Å². The van der Waals surface area contributed by atoms with Crippen LogP contribution >= 0.6 is 0 Å². The van der Waals surface area contributed by atoms with Gasteiger partial charge in [-0.05, 0) is 155 Å². The summed E-state index contributed by atoms with van der Waals surface area (Å²) in [6, 6.07) is 1.67. The zero-order chi connectivity index (χ0) is 28.4. The van der Waals surface area contributed by atoms with Crippen molar-refractivity contribution in [2.45, 2.75) is 195 Å². The standard InChI is InChI=1S/C9H19N.C8H17N.C8H19N.C7H15N/c1-9(2,3)10-7-5-4-6-8-10;1-8(2,3)9-7-5-4-6-7;1-7(2,3)9-8(4,5)6;1-7(2,3)8-6-4-5-6/h4-8H2,1-3H3;7,9H,4-6H2,1-3H3;9H,1-6H3;6,8H,4-5H2,1-3H3. The van der Waals surface area contributed by atoms with Crippen LogP contribution in [0.25, 0.3) is 0 Å². The maximum atomic E-state index is 3.56. The van der Waals surface area contributed by atoms with Gasteiger partial charge in [-0.3, -0.25) is 4.90 Å². The van der Waals surface area contributed by atoms with E-state index in [1.807, 2.05) is 0 Å². The van der Waals surface area contributed by atoms with E-state index in [4.69, 9.17) is 0 Å². The van der Waals surface area contributed by atoms with E-state index in [2.05, 4.69) is 125 Å². The van der Waals surface area contributed by atoms with Crippen LogP contribution in [0.3, 0.4) is 0 Å². The summed E-state index contributed by atoms with van der Waals surface area (Å²) < 4.78 is 0. The zero-order valence-electron chi connectivity index (χ0n) is 27.7. The summed E-state index contributed by atoms with van der Waals surface area (Å²) in [4.78, 5) is 2.58. The normalized spacial score (nSPS) is 20.1. The molecular formula is C32H70N4. The molecule has 0 bridgehead atoms. The van der Waals surface area contributed by atoms with Crippen molar-refractivity contribution >= 4 is 0 Å². The van der Waals surface area contributed by atoms with E-state index >= 15 is 0 Å². The highest BCUT2D eigenvalue weighted by Crippen LogP contribution is 2.22. The highest BCUT2D eigenvalue weighted by molar-refractivity contribution is 4.87. The third-order valence-electron chi connectivity index (χ3n) is 6.01. The summed E-state index contributed by atoms with van der Waals surface area (Å²) >= 11 is 0. The lowest BCUT2D eigenvalue weighted by atomic mass is 9.91. The van der Waals surface area contributed by atoms with Gasteiger partial charge >= 0.3 is 0 Å². The first kappa shape index (κ1) is 35.8. The summed E-state index contributed by atoms with van der Waals surface area (Å²) in [5.41, 5.74) is 1.53. The predicted octanol–water partition coefficient (Wildman–Crippen LogP) is 7.91. The van der Waals surface area contributed by atoms with Gasteiger partial charge in [0.25, 0.3) is 0 Å². The lowest BCUT2D eigenvalue weighted by molar-refractivity contribution is 0.111. The molecule has 36 heavy (non-hydrogen) atoms. The average Bonchev–Trinajstić information content (AvgIpc) is 3.38. The Morgan fingerprint density at radius 2 is 0.806 bits per heavy atom. The largest absolute Gasteiger partial charge is 0.309 e. The zero-order valence-corrected chi connectivity index (χ0v) is 27.7. The maximum Gasteiger partial charge on any atom is 0.0125 e. The van der Waals surface area contributed by atoms with E-state index in [0.29, 0.717) is 16.6 Å². The molecular weight excluding hydrogens is 440 g/mol. The molecule has 0 amide bonds. The SMILES string of the molecule is CC(C)(C)N1CCCCC1.CC(C)(C)NC(C)(C)C.CC(C)(C)NC1CC1.CC(C)(C)NC1CCC1. The molecule has 218 valence electrons. The van der Waals surface area contributed by atoms with Crippen LogP contribution in [0.1, 0.15) is 155 Å². The number of likely N-dealkylation sites (tertiary alicyclic amines) is 1. The molecule has 2 saturated carbocycles. The molecule has 0 aromatic heterocycles. The highest BCUT2D eigenvalue weighted by Gasteiger charge is 2.25. The molecule has 0 aromatic rings. The Balaban J connectivity index is 0.000000455.